The van der Waals surface area contributed by atoms with Gasteiger partial charge in [-0.15, -0.1) is 0 Å². The Morgan fingerprint density at radius 1 is 1.30 bits per heavy atom. The number of carbonyl (C=O) groups is 1. The van der Waals surface area contributed by atoms with Crippen LogP contribution in [0.4, 0.5) is 8.78 Å². The van der Waals surface area contributed by atoms with Crippen LogP contribution in [0, 0.1) is 18.6 Å². The minimum atomic E-state index is -0.957. The second-order valence-electron chi connectivity index (χ2n) is 4.79. The number of rotatable bonds is 5. The van der Waals surface area contributed by atoms with E-state index < -0.39 is 17.5 Å². The van der Waals surface area contributed by atoms with Gasteiger partial charge in [-0.25, -0.2) is 19.2 Å². The van der Waals surface area contributed by atoms with Crippen LogP contribution in [0.1, 0.15) is 27.2 Å². The van der Waals surface area contributed by atoms with Crippen LogP contribution in [0.2, 0.25) is 0 Å². The molecular weight excluding hydrogens is 310 g/mol. The van der Waals surface area contributed by atoms with Crippen LogP contribution in [0.3, 0.4) is 0 Å². The molecule has 0 fully saturated rings. The summed E-state index contributed by atoms with van der Waals surface area (Å²) < 4.78 is 31.3. The number of hydrogen-bond donors (Lipinski definition) is 3. The summed E-state index contributed by atoms with van der Waals surface area (Å²) in [6, 6.07) is 3.44. The Morgan fingerprint density at radius 2 is 2.04 bits per heavy atom. The molecule has 0 saturated carbocycles. The molecule has 8 heteroatoms. The molecule has 122 valence electrons. The van der Waals surface area contributed by atoms with E-state index in [1.54, 1.807) is 6.92 Å². The van der Waals surface area contributed by atoms with Gasteiger partial charge in [-0.05, 0) is 24.6 Å². The van der Waals surface area contributed by atoms with Crippen molar-refractivity contribution in [2.45, 2.75) is 20.1 Å². The van der Waals surface area contributed by atoms with Crippen LogP contribution in [0.25, 0.3) is 0 Å². The average molecular weight is 324 g/mol. The van der Waals surface area contributed by atoms with Gasteiger partial charge in [-0.2, -0.15) is 0 Å². The lowest BCUT2D eigenvalue weighted by molar-refractivity contribution is 0.0696. The highest BCUT2D eigenvalue weighted by atomic mass is 19.2. The van der Waals surface area contributed by atoms with E-state index in [0.29, 0.717) is 16.7 Å². The number of ether oxygens (including phenoxy) is 1. The lowest BCUT2D eigenvalue weighted by atomic mass is 10.1. The largest absolute Gasteiger partial charge is 0.505 e. The van der Waals surface area contributed by atoms with Crippen LogP contribution in [-0.4, -0.2) is 21.2 Å². The van der Waals surface area contributed by atoms with Crippen molar-refractivity contribution in [2.24, 2.45) is 0 Å². The Kier molecular flexibility index (Phi) is 5.20. The number of aromatic hydroxyl groups is 1. The zero-order valence-electron chi connectivity index (χ0n) is 12.1. The number of benzene rings is 1. The summed E-state index contributed by atoms with van der Waals surface area (Å²) in [7, 11) is 0. The molecular formula is C15H14F2N2O4. The third-order valence-electron chi connectivity index (χ3n) is 3.24. The Morgan fingerprint density at radius 3 is 2.70 bits per heavy atom. The predicted molar refractivity (Wildman–Crippen MR) is 74.7 cm³/mol. The summed E-state index contributed by atoms with van der Waals surface area (Å²) in [5, 5.41) is 18.4. The lowest BCUT2D eigenvalue weighted by Gasteiger charge is -2.11. The molecule has 0 aliphatic carbocycles. The third kappa shape index (κ3) is 3.79. The zero-order valence-corrected chi connectivity index (χ0v) is 12.1. The summed E-state index contributed by atoms with van der Waals surface area (Å²) in [6.07, 6.45) is 1.32. The van der Waals surface area contributed by atoms with Gasteiger partial charge < -0.3 is 9.84 Å². The molecule has 0 bridgehead atoms. The number of halogens is 2. The van der Waals surface area contributed by atoms with Crippen LogP contribution in [0.15, 0.2) is 24.4 Å². The third-order valence-corrected chi connectivity index (χ3v) is 3.24. The van der Waals surface area contributed by atoms with Crippen molar-refractivity contribution < 1.29 is 28.6 Å². The van der Waals surface area contributed by atoms with Gasteiger partial charge in [-0.3, -0.25) is 10.0 Å². The first kappa shape index (κ1) is 16.8. The predicted octanol–water partition coefficient (Wildman–Crippen LogP) is 2.21. The number of nitrogens with one attached hydrogen (secondary N) is 1. The van der Waals surface area contributed by atoms with Crippen molar-refractivity contribution >= 4 is 5.91 Å². The number of amides is 1. The highest BCUT2D eigenvalue weighted by Crippen LogP contribution is 2.24. The van der Waals surface area contributed by atoms with Crippen molar-refractivity contribution in [1.82, 2.24) is 10.5 Å². The maximum absolute atomic E-state index is 13.1. The minimum Gasteiger partial charge on any atom is -0.505 e. The monoisotopic (exact) mass is 324 g/mol. The van der Waals surface area contributed by atoms with E-state index in [0.717, 1.165) is 12.1 Å². The fourth-order valence-electron chi connectivity index (χ4n) is 1.90. The van der Waals surface area contributed by atoms with E-state index in [1.165, 1.54) is 17.7 Å². The molecule has 0 saturated heterocycles. The van der Waals surface area contributed by atoms with Crippen molar-refractivity contribution in [1.29, 1.82) is 0 Å². The van der Waals surface area contributed by atoms with Crippen LogP contribution >= 0.6 is 0 Å². The first-order valence-corrected chi connectivity index (χ1v) is 6.57. The van der Waals surface area contributed by atoms with Gasteiger partial charge >= 0.3 is 0 Å². The first-order valence-electron chi connectivity index (χ1n) is 6.57. The smallest absolute Gasteiger partial charge is 0.297 e. The quantitative estimate of drug-likeness (QED) is 0.579. The van der Waals surface area contributed by atoms with E-state index >= 15 is 0 Å². The van der Waals surface area contributed by atoms with Gasteiger partial charge in [0.1, 0.15) is 5.75 Å². The van der Waals surface area contributed by atoms with Crippen molar-refractivity contribution in [3.63, 3.8) is 0 Å². The molecule has 2 rings (SSSR count). The molecule has 1 aromatic carbocycles. The van der Waals surface area contributed by atoms with Gasteiger partial charge in [0.25, 0.3) is 5.91 Å². The molecule has 0 spiro atoms. The maximum Gasteiger partial charge on any atom is 0.297 e. The Balaban J connectivity index is 2.04. The second kappa shape index (κ2) is 7.12. The molecule has 23 heavy (non-hydrogen) atoms. The molecule has 0 unspecified atom stereocenters. The van der Waals surface area contributed by atoms with E-state index in [2.05, 4.69) is 4.98 Å². The highest BCUT2D eigenvalue weighted by Gasteiger charge is 2.16. The number of carbonyl (C=O) groups excluding carboxylic acids is 1. The van der Waals surface area contributed by atoms with Crippen molar-refractivity contribution in [2.75, 3.05) is 0 Å². The van der Waals surface area contributed by atoms with Gasteiger partial charge in [0.15, 0.2) is 17.3 Å². The second-order valence-corrected chi connectivity index (χ2v) is 4.79. The van der Waals surface area contributed by atoms with Gasteiger partial charge in [0, 0.05) is 17.3 Å². The van der Waals surface area contributed by atoms with Crippen LogP contribution < -0.4 is 5.48 Å². The summed E-state index contributed by atoms with van der Waals surface area (Å²) in [5.74, 6) is -3.19. The number of hydrogen-bond acceptors (Lipinski definition) is 5. The van der Waals surface area contributed by atoms with E-state index in [1.807, 2.05) is 0 Å². The zero-order chi connectivity index (χ0) is 17.0. The molecule has 1 amide bonds. The fraction of sp³-hybridized carbons (Fsp3) is 0.200. The summed E-state index contributed by atoms with van der Waals surface area (Å²) in [5.41, 5.74) is 2.41. The Hall–Kier alpha value is -2.58. The van der Waals surface area contributed by atoms with E-state index in [-0.39, 0.29) is 24.7 Å². The summed E-state index contributed by atoms with van der Waals surface area (Å²) >= 11 is 0. The number of nitrogens with zero attached hydrogens (tertiary/aromatic N) is 1. The standard InChI is InChI=1S/C15H14F2N2O4/c1-8-10(5-18-13(14(8)20)15(21)19-22)7-23-6-9-2-3-11(16)12(17)4-9/h2-5,20,22H,6-7H2,1H3,(H,19,21). The summed E-state index contributed by atoms with van der Waals surface area (Å²) in [4.78, 5) is 15.0. The molecule has 2 aromatic rings. The Bertz CT molecular complexity index is 738. The van der Waals surface area contributed by atoms with Crippen molar-refractivity contribution in [3.05, 3.63) is 58.4 Å². The number of hydroxylamine groups is 1. The molecule has 0 radical (unpaired) electrons. The van der Waals surface area contributed by atoms with Crippen molar-refractivity contribution in [3.8, 4) is 5.75 Å². The SMILES string of the molecule is Cc1c(COCc2ccc(F)c(F)c2)cnc(C(=O)NO)c1O. The fourth-order valence-corrected chi connectivity index (χ4v) is 1.90. The Labute approximate surface area is 130 Å². The number of pyridine rings is 1. The van der Waals surface area contributed by atoms with Crippen LogP contribution in [-0.2, 0) is 18.0 Å². The molecule has 0 atom stereocenters. The van der Waals surface area contributed by atoms with Gasteiger partial charge in [-0.1, -0.05) is 6.07 Å². The minimum absolute atomic E-state index is 0.0380. The molecule has 0 aliphatic rings. The average Bonchev–Trinajstić information content (AvgIpc) is 2.54. The highest BCUT2D eigenvalue weighted by molar-refractivity contribution is 5.94. The number of aromatic nitrogens is 1. The first-order chi connectivity index (χ1) is 10.9. The topological polar surface area (TPSA) is 91.7 Å². The molecule has 1 heterocycles. The van der Waals surface area contributed by atoms with E-state index in [9.17, 15) is 18.7 Å². The lowest BCUT2D eigenvalue weighted by Crippen LogP contribution is -2.20. The molecule has 1 aromatic heterocycles. The maximum atomic E-state index is 13.1. The normalized spacial score (nSPS) is 10.6. The van der Waals surface area contributed by atoms with Gasteiger partial charge in [0.2, 0.25) is 0 Å². The molecule has 6 nitrogen and oxygen atoms in total. The molecule has 0 aliphatic heterocycles. The van der Waals surface area contributed by atoms with Gasteiger partial charge in [0.05, 0.1) is 13.2 Å². The van der Waals surface area contributed by atoms with E-state index in [4.69, 9.17) is 9.94 Å². The molecule has 3 N–H and O–H groups in total. The summed E-state index contributed by atoms with van der Waals surface area (Å²) in [6.45, 7) is 1.64. The van der Waals surface area contributed by atoms with Crippen LogP contribution in [0.5, 0.6) is 5.75 Å².